The number of ketones is 2. The van der Waals surface area contributed by atoms with Crippen molar-refractivity contribution in [1.82, 2.24) is 19.9 Å². The minimum Gasteiger partial charge on any atom is -0.481 e. The minimum atomic E-state index is -1.07. The van der Waals surface area contributed by atoms with E-state index in [0.29, 0.717) is 35.3 Å². The van der Waals surface area contributed by atoms with Gasteiger partial charge in [-0.3, -0.25) is 9.59 Å². The second-order valence-electron chi connectivity index (χ2n) is 7.60. The van der Waals surface area contributed by atoms with Gasteiger partial charge in [0.15, 0.2) is 22.8 Å². The normalized spacial score (nSPS) is 11.9. The third kappa shape index (κ3) is 5.81. The van der Waals surface area contributed by atoms with Gasteiger partial charge < -0.3 is 21.4 Å². The first-order valence-corrected chi connectivity index (χ1v) is 10.1. The number of carboxylic acids is 1. The van der Waals surface area contributed by atoms with Crippen LogP contribution in [0.5, 0.6) is 0 Å². The smallest absolute Gasteiger partial charge is 0.306 e. The Bertz CT molecular complexity index is 1160. The number of Topliss-reactive ketones (excluding diaryl/α,β-unsaturated/α-hetero) is 2. The molecule has 3 rings (SSSR count). The molecule has 0 amide bonds. The van der Waals surface area contributed by atoms with Crippen LogP contribution in [0.25, 0.3) is 11.2 Å². The number of aryl methyl sites for hydroxylation is 2. The van der Waals surface area contributed by atoms with E-state index in [-0.39, 0.29) is 42.6 Å². The van der Waals surface area contributed by atoms with E-state index in [4.69, 9.17) is 11.5 Å². The van der Waals surface area contributed by atoms with Crippen LogP contribution < -0.4 is 11.5 Å². The number of carboxylic acid groups (broad SMARTS) is 1. The molecule has 32 heavy (non-hydrogen) atoms. The summed E-state index contributed by atoms with van der Waals surface area (Å²) < 4.78 is 0. The molecule has 0 unspecified atom stereocenters. The Kier molecular flexibility index (Phi) is 7.04. The predicted molar refractivity (Wildman–Crippen MR) is 118 cm³/mol. The van der Waals surface area contributed by atoms with Gasteiger partial charge in [0.05, 0.1) is 17.8 Å². The summed E-state index contributed by atoms with van der Waals surface area (Å²) in [5, 5.41) is 9.30. The van der Waals surface area contributed by atoms with E-state index >= 15 is 0 Å². The highest BCUT2D eigenvalue weighted by Crippen LogP contribution is 2.18. The highest BCUT2D eigenvalue weighted by molar-refractivity contribution is 5.98. The molecule has 0 aliphatic heterocycles. The Morgan fingerprint density at radius 1 is 1.03 bits per heavy atom. The maximum absolute atomic E-state index is 12.5. The Morgan fingerprint density at radius 3 is 2.41 bits per heavy atom. The molecule has 1 atom stereocenters. The molecule has 0 bridgehead atoms. The van der Waals surface area contributed by atoms with Crippen LogP contribution in [0.15, 0.2) is 30.5 Å². The number of anilines is 2. The van der Waals surface area contributed by atoms with Crippen LogP contribution in [0.3, 0.4) is 0 Å². The average molecular weight is 436 g/mol. The average Bonchev–Trinajstić information content (AvgIpc) is 2.75. The molecule has 0 aliphatic rings. The first-order chi connectivity index (χ1) is 15.2. The minimum absolute atomic E-state index is 0.0419. The Balaban J connectivity index is 1.62. The number of fused-ring (bicyclic) bond motifs is 1. The zero-order valence-electron chi connectivity index (χ0n) is 17.6. The van der Waals surface area contributed by atoms with Crippen molar-refractivity contribution in [2.45, 2.75) is 39.0 Å². The molecule has 10 nitrogen and oxygen atoms in total. The van der Waals surface area contributed by atoms with Crippen molar-refractivity contribution in [3.8, 4) is 0 Å². The lowest BCUT2D eigenvalue weighted by Crippen LogP contribution is -2.19. The number of rotatable bonds is 10. The highest BCUT2D eigenvalue weighted by atomic mass is 16.4. The lowest BCUT2D eigenvalue weighted by Gasteiger charge is -2.11. The Morgan fingerprint density at radius 2 is 1.75 bits per heavy atom. The van der Waals surface area contributed by atoms with Gasteiger partial charge in [-0.15, -0.1) is 0 Å². The Hall–Kier alpha value is -3.95. The van der Waals surface area contributed by atoms with Gasteiger partial charge in [0.2, 0.25) is 5.95 Å². The lowest BCUT2D eigenvalue weighted by atomic mass is 9.93. The zero-order valence-corrected chi connectivity index (χ0v) is 17.6. The molecule has 0 saturated carbocycles. The first kappa shape index (κ1) is 22.7. The van der Waals surface area contributed by atoms with Gasteiger partial charge in [0.25, 0.3) is 0 Å². The van der Waals surface area contributed by atoms with Gasteiger partial charge in [0.1, 0.15) is 5.78 Å². The molecule has 5 N–H and O–H groups in total. The van der Waals surface area contributed by atoms with Crippen LogP contribution >= 0.6 is 0 Å². The molecule has 166 valence electrons. The monoisotopic (exact) mass is 436 g/mol. The number of aromatic nitrogens is 4. The van der Waals surface area contributed by atoms with Gasteiger partial charge in [-0.1, -0.05) is 24.3 Å². The quantitative estimate of drug-likeness (QED) is 0.398. The van der Waals surface area contributed by atoms with Gasteiger partial charge in [-0.05, 0) is 31.7 Å². The fourth-order valence-electron chi connectivity index (χ4n) is 3.26. The fourth-order valence-corrected chi connectivity index (χ4v) is 3.26. The molecule has 10 heteroatoms. The van der Waals surface area contributed by atoms with Crippen LogP contribution in [-0.2, 0) is 22.4 Å². The standard InChI is InChI=1S/C22H24N6O4/c1-12(29)2-6-15(21(31)32)10-17(30)14-7-3-13(4-8-14)5-9-16-11-25-20-18(26-16)19(23)27-22(24)28-20/h3-4,7-8,11,15H,2,5-6,9-10H2,1H3,(H,31,32)(H4,23,24,25,27,28)/t15-/m1/s1. The third-order valence-electron chi connectivity index (χ3n) is 5.07. The summed E-state index contributed by atoms with van der Waals surface area (Å²) in [7, 11) is 0. The van der Waals surface area contributed by atoms with Crippen molar-refractivity contribution < 1.29 is 19.5 Å². The second kappa shape index (κ2) is 9.90. The van der Waals surface area contributed by atoms with Crippen LogP contribution in [0, 0.1) is 5.92 Å². The van der Waals surface area contributed by atoms with Crippen molar-refractivity contribution in [2.75, 3.05) is 11.5 Å². The van der Waals surface area contributed by atoms with Gasteiger partial charge in [0, 0.05) is 18.4 Å². The number of nitrogens with two attached hydrogens (primary N) is 2. The number of nitrogens with zero attached hydrogens (tertiary/aromatic N) is 4. The number of hydrogen-bond donors (Lipinski definition) is 3. The molecule has 0 radical (unpaired) electrons. The molecule has 2 aromatic heterocycles. The zero-order chi connectivity index (χ0) is 23.3. The third-order valence-corrected chi connectivity index (χ3v) is 5.07. The first-order valence-electron chi connectivity index (χ1n) is 10.1. The predicted octanol–water partition coefficient (Wildman–Crippen LogP) is 2.01. The van der Waals surface area contributed by atoms with Gasteiger partial charge in [-0.25, -0.2) is 9.97 Å². The molecule has 3 aromatic rings. The summed E-state index contributed by atoms with van der Waals surface area (Å²) in [6.45, 7) is 1.40. The topological polar surface area (TPSA) is 175 Å². The van der Waals surface area contributed by atoms with E-state index in [1.165, 1.54) is 6.92 Å². The summed E-state index contributed by atoms with van der Waals surface area (Å²) in [4.78, 5) is 51.6. The number of benzene rings is 1. The van der Waals surface area contributed by atoms with Crippen LogP contribution in [0.4, 0.5) is 11.8 Å². The highest BCUT2D eigenvalue weighted by Gasteiger charge is 2.22. The molecule has 0 spiro atoms. The summed E-state index contributed by atoms with van der Waals surface area (Å²) in [6, 6.07) is 7.01. The van der Waals surface area contributed by atoms with Gasteiger partial charge in [-0.2, -0.15) is 9.97 Å². The summed E-state index contributed by atoms with van der Waals surface area (Å²) in [5.41, 5.74) is 14.3. The van der Waals surface area contributed by atoms with E-state index in [9.17, 15) is 19.5 Å². The number of aliphatic carboxylic acids is 1. The molecular formula is C22H24N6O4. The summed E-state index contributed by atoms with van der Waals surface area (Å²) in [6.07, 6.45) is 3.02. The van der Waals surface area contributed by atoms with Crippen molar-refractivity contribution >= 4 is 40.5 Å². The molecule has 2 heterocycles. The van der Waals surface area contributed by atoms with E-state index in [1.54, 1.807) is 18.3 Å². The molecule has 1 aromatic carbocycles. The summed E-state index contributed by atoms with van der Waals surface area (Å²) >= 11 is 0. The van der Waals surface area contributed by atoms with Crippen molar-refractivity contribution in [3.63, 3.8) is 0 Å². The summed E-state index contributed by atoms with van der Waals surface area (Å²) in [5.74, 6) is -2.08. The van der Waals surface area contributed by atoms with Crippen molar-refractivity contribution in [2.24, 2.45) is 5.92 Å². The molecule has 0 fully saturated rings. The lowest BCUT2D eigenvalue weighted by molar-refractivity contribution is -0.142. The number of nitrogen functional groups attached to an aromatic ring is 2. The van der Waals surface area contributed by atoms with Crippen LogP contribution in [0.2, 0.25) is 0 Å². The maximum atomic E-state index is 12.5. The number of carbonyl (C=O) groups excluding carboxylic acids is 2. The van der Waals surface area contributed by atoms with Crippen molar-refractivity contribution in [3.05, 3.63) is 47.3 Å². The van der Waals surface area contributed by atoms with Crippen LogP contribution in [-0.4, -0.2) is 42.6 Å². The molecule has 0 saturated heterocycles. The largest absolute Gasteiger partial charge is 0.481 e. The molecule has 0 aliphatic carbocycles. The van der Waals surface area contributed by atoms with E-state index in [2.05, 4.69) is 19.9 Å². The Labute approximate surface area is 184 Å². The maximum Gasteiger partial charge on any atom is 0.306 e. The SMILES string of the molecule is CC(=O)CC[C@H](CC(=O)c1ccc(CCc2cnc3nc(N)nc(N)c3n2)cc1)C(=O)O. The van der Waals surface area contributed by atoms with E-state index < -0.39 is 11.9 Å². The van der Waals surface area contributed by atoms with Crippen LogP contribution in [0.1, 0.15) is 47.8 Å². The van der Waals surface area contributed by atoms with Gasteiger partial charge >= 0.3 is 5.97 Å². The van der Waals surface area contributed by atoms with E-state index in [1.807, 2.05) is 12.1 Å². The molecular weight excluding hydrogens is 412 g/mol. The number of hydrogen-bond acceptors (Lipinski definition) is 9. The fraction of sp³-hybridized carbons (Fsp3) is 0.318. The second-order valence-corrected chi connectivity index (χ2v) is 7.60. The van der Waals surface area contributed by atoms with Crippen molar-refractivity contribution in [1.29, 1.82) is 0 Å². The van der Waals surface area contributed by atoms with E-state index in [0.717, 1.165) is 5.56 Å². The number of carbonyl (C=O) groups is 3.